The Labute approximate surface area is 351 Å². The zero-order chi connectivity index (χ0) is 40.1. The highest BCUT2D eigenvalue weighted by molar-refractivity contribution is 6.22. The van der Waals surface area contributed by atoms with Crippen molar-refractivity contribution in [2.45, 2.75) is 5.66 Å². The summed E-state index contributed by atoms with van der Waals surface area (Å²) in [6.07, 6.45) is 10.8. The molecule has 1 atom stereocenters. The summed E-state index contributed by atoms with van der Waals surface area (Å²) in [5.74, 6) is 0. The zero-order valence-corrected chi connectivity index (χ0v) is 33.0. The minimum absolute atomic E-state index is 0.806. The first-order valence-electron chi connectivity index (χ1n) is 20.4. The van der Waals surface area contributed by atoms with Gasteiger partial charge in [0.25, 0.3) is 0 Å². The summed E-state index contributed by atoms with van der Waals surface area (Å²) in [6, 6.07) is 77.1. The van der Waals surface area contributed by atoms with Gasteiger partial charge in [-0.05, 0) is 62.7 Å². The summed E-state index contributed by atoms with van der Waals surface area (Å²) in [7, 11) is 0. The van der Waals surface area contributed by atoms with Gasteiger partial charge in [0.2, 0.25) is 5.66 Å². The Hall–Kier alpha value is -7.88. The first-order valence-corrected chi connectivity index (χ1v) is 20.4. The van der Waals surface area contributed by atoms with Crippen molar-refractivity contribution in [1.29, 1.82) is 0 Å². The third-order valence-corrected chi connectivity index (χ3v) is 11.3. The molecular weight excluding hydrogens is 727 g/mol. The molecule has 1 aliphatic rings. The van der Waals surface area contributed by atoms with Crippen LogP contribution in [0.1, 0.15) is 27.9 Å². The van der Waals surface area contributed by atoms with Gasteiger partial charge in [0.1, 0.15) is 0 Å². The second kappa shape index (κ2) is 16.2. The van der Waals surface area contributed by atoms with Crippen LogP contribution in [0.15, 0.2) is 247 Å². The smallest absolute Gasteiger partial charge is 0.206 e. The van der Waals surface area contributed by atoms with E-state index in [1.54, 1.807) is 0 Å². The second-order valence-electron chi connectivity index (χ2n) is 14.9. The Morgan fingerprint density at radius 2 is 1.03 bits per heavy atom. The molecule has 0 N–H and O–H groups in total. The molecule has 1 aromatic heterocycles. The van der Waals surface area contributed by atoms with E-state index in [4.69, 9.17) is 9.98 Å². The Bertz CT molecular complexity index is 3020. The van der Waals surface area contributed by atoms with Crippen LogP contribution in [0, 0.1) is 0 Å². The first kappa shape index (κ1) is 36.5. The van der Waals surface area contributed by atoms with Gasteiger partial charge in [-0.15, -0.1) is 0 Å². The average molecular weight is 768 g/mol. The van der Waals surface area contributed by atoms with Crippen molar-refractivity contribution < 1.29 is 0 Å². The number of allylic oxidation sites excluding steroid dienone is 3. The predicted octanol–water partition coefficient (Wildman–Crippen LogP) is 14.1. The Morgan fingerprint density at radius 3 is 1.78 bits per heavy atom. The molecule has 0 amide bonds. The van der Waals surface area contributed by atoms with E-state index in [0.717, 1.165) is 72.5 Å². The van der Waals surface area contributed by atoms with Crippen molar-refractivity contribution in [3.8, 4) is 11.1 Å². The molecule has 8 aromatic carbocycles. The summed E-state index contributed by atoms with van der Waals surface area (Å²) in [5, 5.41) is 4.63. The second-order valence-corrected chi connectivity index (χ2v) is 14.9. The summed E-state index contributed by atoms with van der Waals surface area (Å²) in [5.41, 5.74) is 10.0. The number of hydrogen-bond acceptors (Lipinski definition) is 3. The molecule has 1 aliphatic heterocycles. The third-order valence-electron chi connectivity index (χ3n) is 11.3. The van der Waals surface area contributed by atoms with E-state index in [1.165, 1.54) is 10.8 Å². The fraction of sp³-hybridized carbons (Fsp3) is 0.0175. The molecule has 0 aliphatic carbocycles. The van der Waals surface area contributed by atoms with Crippen LogP contribution in [0.4, 0.5) is 5.69 Å². The van der Waals surface area contributed by atoms with Gasteiger partial charge >= 0.3 is 0 Å². The van der Waals surface area contributed by atoms with Crippen molar-refractivity contribution >= 4 is 50.8 Å². The quantitative estimate of drug-likeness (QED) is 0.146. The molecule has 0 bridgehead atoms. The molecule has 0 spiro atoms. The Kier molecular flexibility index (Phi) is 9.82. The van der Waals surface area contributed by atoms with Gasteiger partial charge in [0.05, 0.1) is 22.8 Å². The Balaban J connectivity index is 1.39. The van der Waals surface area contributed by atoms with Crippen molar-refractivity contribution in [3.63, 3.8) is 0 Å². The van der Waals surface area contributed by atoms with Gasteiger partial charge in [-0.1, -0.05) is 218 Å². The van der Waals surface area contributed by atoms with E-state index in [0.29, 0.717) is 0 Å². The molecule has 0 saturated heterocycles. The maximum atomic E-state index is 6.07. The molecule has 1 unspecified atom stereocenters. The Morgan fingerprint density at radius 1 is 0.433 bits per heavy atom. The fourth-order valence-corrected chi connectivity index (χ4v) is 8.56. The van der Waals surface area contributed by atoms with E-state index in [2.05, 4.69) is 242 Å². The molecule has 284 valence electrons. The fourth-order valence-electron chi connectivity index (χ4n) is 8.56. The number of anilines is 1. The van der Waals surface area contributed by atoms with E-state index < -0.39 is 5.66 Å². The number of fused-ring (bicyclic) bond motifs is 2. The van der Waals surface area contributed by atoms with Crippen molar-refractivity contribution in [3.05, 3.63) is 270 Å². The van der Waals surface area contributed by atoms with Gasteiger partial charge in [-0.3, -0.25) is 4.98 Å². The van der Waals surface area contributed by atoms with Gasteiger partial charge in [0.15, 0.2) is 0 Å². The maximum Gasteiger partial charge on any atom is 0.206 e. The van der Waals surface area contributed by atoms with Crippen LogP contribution in [0.5, 0.6) is 0 Å². The van der Waals surface area contributed by atoms with Crippen LogP contribution in [0.2, 0.25) is 0 Å². The number of rotatable bonds is 9. The monoisotopic (exact) mass is 767 g/mol. The predicted molar refractivity (Wildman–Crippen MR) is 253 cm³/mol. The van der Waals surface area contributed by atoms with Crippen LogP contribution in [0.25, 0.3) is 50.5 Å². The van der Waals surface area contributed by atoms with Crippen LogP contribution in [-0.4, -0.2) is 10.7 Å². The highest BCUT2D eigenvalue weighted by atomic mass is 15.3. The maximum absolute atomic E-state index is 6.07. The number of nitrogens with zero attached hydrogens (tertiary/aromatic N) is 3. The molecule has 2 heterocycles. The molecule has 60 heavy (non-hydrogen) atoms. The van der Waals surface area contributed by atoms with Crippen molar-refractivity contribution in [2.24, 2.45) is 4.99 Å². The van der Waals surface area contributed by atoms with E-state index >= 15 is 0 Å². The van der Waals surface area contributed by atoms with Gasteiger partial charge in [-0.25, -0.2) is 4.99 Å². The zero-order valence-electron chi connectivity index (χ0n) is 33.0. The summed E-state index contributed by atoms with van der Waals surface area (Å²) in [4.78, 5) is 13.8. The molecule has 9 aromatic rings. The minimum Gasteiger partial charge on any atom is -0.305 e. The van der Waals surface area contributed by atoms with Crippen LogP contribution >= 0.6 is 0 Å². The molecule has 0 fully saturated rings. The topological polar surface area (TPSA) is 28.5 Å². The van der Waals surface area contributed by atoms with Gasteiger partial charge in [-0.2, -0.15) is 0 Å². The molecular formula is C57H41N3. The third kappa shape index (κ3) is 6.72. The SMILES string of the molecule is C(=Cc1cccc2ccccc12)C1=NC(c2ccccc2)(c2ccccn2)N(c2cccc3ccccc23)C(c2ccccc2-c2ccccc2)=C1C=Cc1ccccc1. The van der Waals surface area contributed by atoms with E-state index in [9.17, 15) is 0 Å². The number of aromatic nitrogens is 1. The van der Waals surface area contributed by atoms with Crippen LogP contribution < -0.4 is 4.90 Å². The summed E-state index contributed by atoms with van der Waals surface area (Å²) < 4.78 is 0. The van der Waals surface area contributed by atoms with Crippen molar-refractivity contribution in [2.75, 3.05) is 4.90 Å². The lowest BCUT2D eigenvalue weighted by Gasteiger charge is -2.48. The molecule has 0 radical (unpaired) electrons. The number of benzene rings is 8. The lowest BCUT2D eigenvalue weighted by molar-refractivity contribution is 0.534. The van der Waals surface area contributed by atoms with Gasteiger partial charge in [0, 0.05) is 28.3 Å². The van der Waals surface area contributed by atoms with Crippen LogP contribution in [-0.2, 0) is 5.66 Å². The molecule has 3 heteroatoms. The van der Waals surface area contributed by atoms with E-state index in [1.807, 2.05) is 12.3 Å². The average Bonchev–Trinajstić information content (AvgIpc) is 3.33. The normalized spacial score (nSPS) is 15.6. The van der Waals surface area contributed by atoms with Crippen molar-refractivity contribution in [1.82, 2.24) is 4.98 Å². The minimum atomic E-state index is -1.16. The molecule has 10 rings (SSSR count). The highest BCUT2D eigenvalue weighted by Crippen LogP contribution is 2.52. The van der Waals surface area contributed by atoms with Gasteiger partial charge < -0.3 is 4.90 Å². The summed E-state index contributed by atoms with van der Waals surface area (Å²) >= 11 is 0. The van der Waals surface area contributed by atoms with E-state index in [-0.39, 0.29) is 0 Å². The molecule has 0 saturated carbocycles. The number of hydrogen-bond donors (Lipinski definition) is 0. The standard InChI is InChI=1S/C57H41N3/c1-4-20-42(21-5-1)37-39-52-53(40-38-46-27-18-26-43-24-10-12-31-48(43)46)59-57(47-29-8-3-9-30-47,55-36-16-17-41-58-55)60(54-35-19-28-45-25-11-13-33-50(45)54)56(52)51-34-15-14-32-49(51)44-22-6-2-7-23-44/h1-41H. The summed E-state index contributed by atoms with van der Waals surface area (Å²) in [6.45, 7) is 0. The lowest BCUT2D eigenvalue weighted by Crippen LogP contribution is -2.49. The lowest BCUT2D eigenvalue weighted by atomic mass is 9.84. The largest absolute Gasteiger partial charge is 0.305 e. The first-order chi connectivity index (χ1) is 29.8. The molecule has 3 nitrogen and oxygen atoms in total. The number of pyridine rings is 1. The van der Waals surface area contributed by atoms with Crippen LogP contribution in [0.3, 0.4) is 0 Å². The number of aliphatic imine (C=N–C) groups is 1. The highest BCUT2D eigenvalue weighted by Gasteiger charge is 2.48.